The van der Waals surface area contributed by atoms with Gasteiger partial charge in [-0.3, -0.25) is 4.79 Å². The standard InChI is InChI=1S/C5H9ClO.C4H9Cl/c1-5(2,3)4(6)7;1-4(2,3)5/h1-3H3;1-3H3. The second-order valence-corrected chi connectivity index (χ2v) is 6.07. The number of hydrogen-bond donors (Lipinski definition) is 0. The van der Waals surface area contributed by atoms with Crippen LogP contribution >= 0.6 is 23.2 Å². The van der Waals surface area contributed by atoms with Crippen LogP contribution in [-0.2, 0) is 4.79 Å². The average molecular weight is 213 g/mol. The van der Waals surface area contributed by atoms with Gasteiger partial charge in [0.2, 0.25) is 5.24 Å². The summed E-state index contributed by atoms with van der Waals surface area (Å²) < 4.78 is 0. The van der Waals surface area contributed by atoms with Crippen LogP contribution in [0.1, 0.15) is 41.5 Å². The molecule has 3 heteroatoms. The highest BCUT2D eigenvalue weighted by Crippen LogP contribution is 2.15. The van der Waals surface area contributed by atoms with E-state index in [2.05, 4.69) is 0 Å². The predicted octanol–water partition coefficient (Wildman–Crippen LogP) is 3.82. The highest BCUT2D eigenvalue weighted by molar-refractivity contribution is 6.64. The van der Waals surface area contributed by atoms with Crippen molar-refractivity contribution in [1.29, 1.82) is 0 Å². The molecule has 74 valence electrons. The Morgan fingerprint density at radius 2 is 1.08 bits per heavy atom. The van der Waals surface area contributed by atoms with E-state index >= 15 is 0 Å². The minimum atomic E-state index is -0.373. The largest absolute Gasteiger partial charge is 0.281 e. The Balaban J connectivity index is 0. The van der Waals surface area contributed by atoms with Gasteiger partial charge in [0.15, 0.2) is 0 Å². The van der Waals surface area contributed by atoms with Crippen molar-refractivity contribution < 1.29 is 4.79 Å². The van der Waals surface area contributed by atoms with E-state index in [1.807, 2.05) is 20.8 Å². The van der Waals surface area contributed by atoms with Crippen molar-refractivity contribution in [3.63, 3.8) is 0 Å². The van der Waals surface area contributed by atoms with E-state index in [1.54, 1.807) is 20.8 Å². The van der Waals surface area contributed by atoms with Crippen LogP contribution < -0.4 is 0 Å². The third-order valence-electron chi connectivity index (χ3n) is 0.590. The normalized spacial score (nSPS) is 11.7. The molecular weight excluding hydrogens is 195 g/mol. The van der Waals surface area contributed by atoms with E-state index in [1.165, 1.54) is 0 Å². The molecule has 0 aromatic rings. The molecule has 0 unspecified atom stereocenters. The van der Waals surface area contributed by atoms with E-state index in [9.17, 15) is 4.79 Å². The zero-order valence-electron chi connectivity index (χ0n) is 8.66. The number of halogens is 2. The second-order valence-electron chi connectivity index (χ2n) is 4.59. The molecule has 0 heterocycles. The first-order valence-corrected chi connectivity index (χ1v) is 4.59. The summed E-state index contributed by atoms with van der Waals surface area (Å²) in [6.07, 6.45) is 0. The maximum Gasteiger partial charge on any atom is 0.226 e. The van der Waals surface area contributed by atoms with Crippen molar-refractivity contribution in [3.8, 4) is 0 Å². The lowest BCUT2D eigenvalue weighted by atomic mass is 10.00. The van der Waals surface area contributed by atoms with Gasteiger partial charge < -0.3 is 0 Å². The van der Waals surface area contributed by atoms with Crippen LogP contribution in [-0.4, -0.2) is 10.1 Å². The first-order valence-electron chi connectivity index (χ1n) is 3.83. The fourth-order valence-electron chi connectivity index (χ4n) is 0. The zero-order valence-corrected chi connectivity index (χ0v) is 10.2. The summed E-state index contributed by atoms with van der Waals surface area (Å²) >= 11 is 10.6. The summed E-state index contributed by atoms with van der Waals surface area (Å²) in [4.78, 5) is 10.2. The molecule has 0 fully saturated rings. The second kappa shape index (κ2) is 5.08. The van der Waals surface area contributed by atoms with Crippen molar-refractivity contribution in [2.75, 3.05) is 0 Å². The lowest BCUT2D eigenvalue weighted by Gasteiger charge is -2.08. The third-order valence-corrected chi connectivity index (χ3v) is 1.16. The van der Waals surface area contributed by atoms with Gasteiger partial charge in [0.25, 0.3) is 0 Å². The average Bonchev–Trinajstić information content (AvgIpc) is 1.55. The molecule has 12 heavy (non-hydrogen) atoms. The van der Waals surface area contributed by atoms with Crippen molar-refractivity contribution >= 4 is 28.4 Å². The summed E-state index contributed by atoms with van der Waals surface area (Å²) in [5.74, 6) is 0. The Labute approximate surface area is 85.4 Å². The summed E-state index contributed by atoms with van der Waals surface area (Å²) in [7, 11) is 0. The van der Waals surface area contributed by atoms with Gasteiger partial charge in [-0.25, -0.2) is 0 Å². The molecule has 0 rings (SSSR count). The molecule has 0 amide bonds. The smallest absolute Gasteiger partial charge is 0.226 e. The SMILES string of the molecule is CC(C)(C)C(=O)Cl.CC(C)(C)Cl. The number of hydrogen-bond acceptors (Lipinski definition) is 1. The van der Waals surface area contributed by atoms with E-state index in [0.717, 1.165) is 0 Å². The minimum Gasteiger partial charge on any atom is -0.281 e. The molecule has 0 N–H and O–H groups in total. The van der Waals surface area contributed by atoms with E-state index in [-0.39, 0.29) is 15.5 Å². The molecule has 0 atom stereocenters. The van der Waals surface area contributed by atoms with Crippen LogP contribution in [0.2, 0.25) is 0 Å². The topological polar surface area (TPSA) is 17.1 Å². The van der Waals surface area contributed by atoms with Crippen LogP contribution in [0.15, 0.2) is 0 Å². The van der Waals surface area contributed by atoms with Gasteiger partial charge in [0.05, 0.1) is 0 Å². The summed E-state index contributed by atoms with van der Waals surface area (Å²) in [5, 5.41) is -0.285. The Morgan fingerprint density at radius 1 is 1.00 bits per heavy atom. The van der Waals surface area contributed by atoms with Crippen molar-refractivity contribution in [2.45, 2.75) is 46.4 Å². The Hall–Kier alpha value is 0.250. The third kappa shape index (κ3) is 22.5. The summed E-state index contributed by atoms with van der Waals surface area (Å²) in [5.41, 5.74) is -0.373. The fraction of sp³-hybridized carbons (Fsp3) is 0.889. The van der Waals surface area contributed by atoms with Crippen LogP contribution in [0.25, 0.3) is 0 Å². The lowest BCUT2D eigenvalue weighted by Crippen LogP contribution is -2.13. The molecule has 0 saturated heterocycles. The fourth-order valence-corrected chi connectivity index (χ4v) is 0. The predicted molar refractivity (Wildman–Crippen MR) is 55.9 cm³/mol. The Bertz CT molecular complexity index is 134. The van der Waals surface area contributed by atoms with Gasteiger partial charge in [-0.15, -0.1) is 11.6 Å². The highest BCUT2D eigenvalue weighted by Gasteiger charge is 2.17. The molecule has 0 aromatic heterocycles. The number of carbonyl (C=O) groups is 1. The van der Waals surface area contributed by atoms with Crippen LogP contribution in [0.4, 0.5) is 0 Å². The number of rotatable bonds is 0. The highest BCUT2D eigenvalue weighted by atomic mass is 35.5. The van der Waals surface area contributed by atoms with E-state index < -0.39 is 0 Å². The van der Waals surface area contributed by atoms with Gasteiger partial charge in [-0.05, 0) is 32.4 Å². The molecule has 0 aromatic carbocycles. The van der Waals surface area contributed by atoms with Crippen LogP contribution in [0.5, 0.6) is 0 Å². The lowest BCUT2D eigenvalue weighted by molar-refractivity contribution is -0.118. The van der Waals surface area contributed by atoms with Crippen molar-refractivity contribution in [2.24, 2.45) is 5.41 Å². The summed E-state index contributed by atoms with van der Waals surface area (Å²) in [6, 6.07) is 0. The van der Waals surface area contributed by atoms with Crippen LogP contribution in [0, 0.1) is 5.41 Å². The molecule has 0 aliphatic heterocycles. The van der Waals surface area contributed by atoms with Gasteiger partial charge in [-0.1, -0.05) is 20.8 Å². The summed E-state index contributed by atoms with van der Waals surface area (Å²) in [6.45, 7) is 11.2. The minimum absolute atomic E-state index is 0.0278. The molecule has 0 aliphatic carbocycles. The zero-order chi connectivity index (χ0) is 10.6. The molecule has 1 nitrogen and oxygen atoms in total. The Kier molecular flexibility index (Phi) is 6.25. The molecule has 0 radical (unpaired) electrons. The van der Waals surface area contributed by atoms with Gasteiger partial charge in [-0.2, -0.15) is 0 Å². The van der Waals surface area contributed by atoms with Crippen LogP contribution in [0.3, 0.4) is 0 Å². The van der Waals surface area contributed by atoms with E-state index in [4.69, 9.17) is 23.2 Å². The first kappa shape index (κ1) is 14.8. The molecule has 0 spiro atoms. The monoisotopic (exact) mass is 212 g/mol. The van der Waals surface area contributed by atoms with Crippen molar-refractivity contribution in [1.82, 2.24) is 0 Å². The first-order chi connectivity index (χ1) is 4.94. The van der Waals surface area contributed by atoms with Gasteiger partial charge >= 0.3 is 0 Å². The maximum absolute atomic E-state index is 10.2. The quantitative estimate of drug-likeness (QED) is 0.441. The molecule has 0 bridgehead atoms. The number of carbonyl (C=O) groups excluding carboxylic acids is 1. The molecule has 0 saturated carbocycles. The maximum atomic E-state index is 10.2. The molecular formula is C9H18Cl2O. The van der Waals surface area contributed by atoms with Gasteiger partial charge in [0, 0.05) is 10.3 Å². The Morgan fingerprint density at radius 3 is 1.08 bits per heavy atom. The van der Waals surface area contributed by atoms with Gasteiger partial charge in [0.1, 0.15) is 0 Å². The van der Waals surface area contributed by atoms with E-state index in [0.29, 0.717) is 0 Å². The van der Waals surface area contributed by atoms with Crippen molar-refractivity contribution in [3.05, 3.63) is 0 Å². The number of alkyl halides is 1. The molecule has 0 aliphatic rings.